The van der Waals surface area contributed by atoms with Gasteiger partial charge in [0.25, 0.3) is 0 Å². The second kappa shape index (κ2) is 6.93. The number of benzene rings is 1. The molecule has 116 valence electrons. The van der Waals surface area contributed by atoms with Gasteiger partial charge in [-0.3, -0.25) is 0 Å². The van der Waals surface area contributed by atoms with Crippen LogP contribution >= 0.6 is 0 Å². The molecule has 1 N–H and O–H groups in total. The van der Waals surface area contributed by atoms with E-state index in [4.69, 9.17) is 4.74 Å². The van der Waals surface area contributed by atoms with Crippen LogP contribution in [0.5, 0.6) is 0 Å². The molecule has 0 aromatic heterocycles. The third kappa shape index (κ3) is 4.31. The molecule has 2 saturated carbocycles. The Hall–Kier alpha value is -0.860. The van der Waals surface area contributed by atoms with Crippen LogP contribution in [0.4, 0.5) is 0 Å². The Balaban J connectivity index is 1.68. The van der Waals surface area contributed by atoms with Gasteiger partial charge in [0.2, 0.25) is 0 Å². The molecule has 1 aromatic carbocycles. The van der Waals surface area contributed by atoms with Crippen molar-refractivity contribution < 1.29 is 4.74 Å². The van der Waals surface area contributed by atoms with Crippen LogP contribution in [0.3, 0.4) is 0 Å². The molecule has 3 unspecified atom stereocenters. The lowest BCUT2D eigenvalue weighted by Gasteiger charge is -2.33. The minimum absolute atomic E-state index is 0.205. The lowest BCUT2D eigenvalue weighted by Crippen LogP contribution is -2.32. The Bertz CT molecular complexity index is 455. The maximum atomic E-state index is 6.56. The third-order valence-corrected chi connectivity index (χ3v) is 4.96. The molecule has 0 bridgehead atoms. The van der Waals surface area contributed by atoms with E-state index in [0.29, 0.717) is 12.0 Å². The van der Waals surface area contributed by atoms with Crippen molar-refractivity contribution in [1.82, 2.24) is 5.32 Å². The van der Waals surface area contributed by atoms with Crippen LogP contribution in [-0.2, 0) is 4.74 Å². The average molecular weight is 287 g/mol. The van der Waals surface area contributed by atoms with E-state index in [2.05, 4.69) is 43.4 Å². The van der Waals surface area contributed by atoms with Gasteiger partial charge < -0.3 is 10.1 Å². The highest BCUT2D eigenvalue weighted by atomic mass is 16.5. The molecule has 2 nitrogen and oxygen atoms in total. The number of aryl methyl sites for hydroxylation is 1. The van der Waals surface area contributed by atoms with Crippen molar-refractivity contribution in [2.24, 2.45) is 5.92 Å². The lowest BCUT2D eigenvalue weighted by molar-refractivity contribution is -0.0565. The molecule has 0 spiro atoms. The van der Waals surface area contributed by atoms with Crippen molar-refractivity contribution in [3.8, 4) is 0 Å². The van der Waals surface area contributed by atoms with Crippen LogP contribution < -0.4 is 5.32 Å². The van der Waals surface area contributed by atoms with E-state index < -0.39 is 0 Å². The van der Waals surface area contributed by atoms with Crippen LogP contribution in [-0.4, -0.2) is 18.7 Å². The summed E-state index contributed by atoms with van der Waals surface area (Å²) in [6, 6.07) is 9.57. The largest absolute Gasteiger partial charge is 0.369 e. The van der Waals surface area contributed by atoms with E-state index in [0.717, 1.165) is 12.6 Å². The maximum absolute atomic E-state index is 6.56. The molecule has 21 heavy (non-hydrogen) atoms. The van der Waals surface area contributed by atoms with Gasteiger partial charge in [-0.15, -0.1) is 0 Å². The summed E-state index contributed by atoms with van der Waals surface area (Å²) in [7, 11) is 0. The molecule has 0 saturated heterocycles. The molecule has 3 atom stereocenters. The molecule has 0 aliphatic heterocycles. The predicted octanol–water partition coefficient (Wildman–Crippen LogP) is 4.38. The van der Waals surface area contributed by atoms with Gasteiger partial charge in [0.05, 0.1) is 12.2 Å². The molecular formula is C19H29NO. The molecule has 3 rings (SSSR count). The first-order valence-electron chi connectivity index (χ1n) is 8.68. The van der Waals surface area contributed by atoms with Gasteiger partial charge in [-0.25, -0.2) is 0 Å². The second-order valence-electron chi connectivity index (χ2n) is 7.02. The van der Waals surface area contributed by atoms with E-state index in [1.165, 1.54) is 49.7 Å². The first-order valence-corrected chi connectivity index (χ1v) is 8.68. The number of hydrogen-bond acceptors (Lipinski definition) is 2. The van der Waals surface area contributed by atoms with Gasteiger partial charge in [0.15, 0.2) is 0 Å². The Labute approximate surface area is 129 Å². The summed E-state index contributed by atoms with van der Waals surface area (Å²) >= 11 is 0. The molecular weight excluding hydrogens is 258 g/mol. The Morgan fingerprint density at radius 2 is 2.00 bits per heavy atom. The number of hydrogen-bond donors (Lipinski definition) is 1. The monoisotopic (exact) mass is 287 g/mol. The van der Waals surface area contributed by atoms with E-state index in [-0.39, 0.29) is 6.10 Å². The van der Waals surface area contributed by atoms with Gasteiger partial charge in [-0.05, 0) is 44.1 Å². The fraction of sp³-hybridized carbons (Fsp3) is 0.684. The quantitative estimate of drug-likeness (QED) is 0.838. The standard InChI is InChI=1S/C19H29NO/c1-14-6-5-8-16(12-14)19(13-20-17-10-11-17)21-18-9-4-3-7-15(18)2/h5-6,8,12,15,17-20H,3-4,7,9-11,13H2,1-2H3. The smallest absolute Gasteiger partial charge is 0.0953 e. The summed E-state index contributed by atoms with van der Waals surface area (Å²) in [5.74, 6) is 0.701. The molecule has 0 radical (unpaired) electrons. The topological polar surface area (TPSA) is 21.3 Å². The predicted molar refractivity (Wildman–Crippen MR) is 87.4 cm³/mol. The Morgan fingerprint density at radius 1 is 1.19 bits per heavy atom. The second-order valence-corrected chi connectivity index (χ2v) is 7.02. The number of ether oxygens (including phenoxy) is 1. The fourth-order valence-corrected chi connectivity index (χ4v) is 3.37. The van der Waals surface area contributed by atoms with Crippen LogP contribution in [0, 0.1) is 12.8 Å². The molecule has 2 aliphatic rings. The molecule has 1 aromatic rings. The maximum Gasteiger partial charge on any atom is 0.0953 e. The van der Waals surface area contributed by atoms with Crippen LogP contribution in [0.1, 0.15) is 62.7 Å². The zero-order valence-electron chi connectivity index (χ0n) is 13.5. The molecule has 2 fully saturated rings. The van der Waals surface area contributed by atoms with Gasteiger partial charge in [0, 0.05) is 12.6 Å². The molecule has 0 amide bonds. The zero-order valence-corrected chi connectivity index (χ0v) is 13.5. The van der Waals surface area contributed by atoms with E-state index in [1.54, 1.807) is 0 Å². The highest BCUT2D eigenvalue weighted by Gasteiger charge is 2.28. The van der Waals surface area contributed by atoms with E-state index in [9.17, 15) is 0 Å². The highest BCUT2D eigenvalue weighted by molar-refractivity contribution is 5.24. The van der Waals surface area contributed by atoms with Gasteiger partial charge >= 0.3 is 0 Å². The van der Waals surface area contributed by atoms with Crippen LogP contribution in [0.2, 0.25) is 0 Å². The summed E-state index contributed by atoms with van der Waals surface area (Å²) in [6.45, 7) is 5.47. The summed E-state index contributed by atoms with van der Waals surface area (Å²) in [4.78, 5) is 0. The van der Waals surface area contributed by atoms with Gasteiger partial charge in [-0.2, -0.15) is 0 Å². The minimum Gasteiger partial charge on any atom is -0.369 e. The summed E-state index contributed by atoms with van der Waals surface area (Å²) < 4.78 is 6.56. The van der Waals surface area contributed by atoms with Crippen molar-refractivity contribution in [2.45, 2.75) is 70.6 Å². The number of rotatable bonds is 6. The van der Waals surface area contributed by atoms with Crippen LogP contribution in [0.25, 0.3) is 0 Å². The van der Waals surface area contributed by atoms with E-state index in [1.807, 2.05) is 0 Å². The first-order chi connectivity index (χ1) is 10.2. The Morgan fingerprint density at radius 3 is 2.71 bits per heavy atom. The molecule has 0 heterocycles. The normalized spacial score (nSPS) is 27.5. The first kappa shape index (κ1) is 15.1. The average Bonchev–Trinajstić information content (AvgIpc) is 3.29. The van der Waals surface area contributed by atoms with Crippen molar-refractivity contribution in [1.29, 1.82) is 0 Å². The summed E-state index contributed by atoms with van der Waals surface area (Å²) in [6.07, 6.45) is 8.55. The zero-order chi connectivity index (χ0) is 14.7. The lowest BCUT2D eigenvalue weighted by atomic mass is 9.87. The van der Waals surface area contributed by atoms with Crippen molar-refractivity contribution in [3.63, 3.8) is 0 Å². The summed E-state index contributed by atoms with van der Waals surface area (Å²) in [5, 5.41) is 3.65. The minimum atomic E-state index is 0.205. The van der Waals surface area contributed by atoms with E-state index >= 15 is 0 Å². The molecule has 2 aliphatic carbocycles. The summed E-state index contributed by atoms with van der Waals surface area (Å²) in [5.41, 5.74) is 2.66. The van der Waals surface area contributed by atoms with Gasteiger partial charge in [-0.1, -0.05) is 49.6 Å². The van der Waals surface area contributed by atoms with Crippen molar-refractivity contribution in [3.05, 3.63) is 35.4 Å². The highest BCUT2D eigenvalue weighted by Crippen LogP contribution is 2.31. The SMILES string of the molecule is Cc1cccc(C(CNC2CC2)OC2CCCCC2C)c1. The van der Waals surface area contributed by atoms with Crippen molar-refractivity contribution >= 4 is 0 Å². The molecule has 2 heteroatoms. The number of nitrogens with one attached hydrogen (secondary N) is 1. The third-order valence-electron chi connectivity index (χ3n) is 4.96. The van der Waals surface area contributed by atoms with Gasteiger partial charge in [0.1, 0.15) is 0 Å². The Kier molecular flexibility index (Phi) is 4.97. The van der Waals surface area contributed by atoms with Crippen molar-refractivity contribution in [2.75, 3.05) is 6.54 Å². The fourth-order valence-electron chi connectivity index (χ4n) is 3.37. The van der Waals surface area contributed by atoms with Crippen LogP contribution in [0.15, 0.2) is 24.3 Å².